The van der Waals surface area contributed by atoms with Crippen LogP contribution in [0.25, 0.3) is 0 Å². The topological polar surface area (TPSA) is 70.6 Å². The second-order valence-electron chi connectivity index (χ2n) is 4.20. The lowest BCUT2D eigenvalue weighted by atomic mass is 10.2. The van der Waals surface area contributed by atoms with E-state index in [0.29, 0.717) is 12.2 Å². The summed E-state index contributed by atoms with van der Waals surface area (Å²) in [5.74, 6) is -0.422. The summed E-state index contributed by atoms with van der Waals surface area (Å²) in [7, 11) is 0. The van der Waals surface area contributed by atoms with Crippen LogP contribution in [-0.2, 0) is 4.79 Å². The summed E-state index contributed by atoms with van der Waals surface area (Å²) < 4.78 is 0. The van der Waals surface area contributed by atoms with E-state index >= 15 is 0 Å². The Morgan fingerprint density at radius 2 is 1.95 bits per heavy atom. The number of hydrogen-bond acceptors (Lipinski definition) is 2. The third-order valence-electron chi connectivity index (χ3n) is 2.42. The van der Waals surface area contributed by atoms with E-state index in [4.69, 9.17) is 0 Å². The Kier molecular flexibility index (Phi) is 6.29. The molecule has 1 rings (SSSR count). The van der Waals surface area contributed by atoms with Gasteiger partial charge < -0.3 is 10.6 Å². The van der Waals surface area contributed by atoms with Gasteiger partial charge in [0.2, 0.25) is 0 Å². The highest BCUT2D eigenvalue weighted by atomic mass is 16.2. The molecule has 0 unspecified atom stereocenters. The number of aryl methyl sites for hydroxylation is 1. The zero-order valence-electron chi connectivity index (χ0n) is 11.3. The van der Waals surface area contributed by atoms with E-state index in [0.717, 1.165) is 24.6 Å². The highest BCUT2D eigenvalue weighted by Crippen LogP contribution is 2.07. The average molecular weight is 261 g/mol. The largest absolute Gasteiger partial charge is 0.341 e. The molecule has 0 spiro atoms. The van der Waals surface area contributed by atoms with Gasteiger partial charge in [0.15, 0.2) is 0 Å². The fourth-order valence-electron chi connectivity index (χ4n) is 1.35. The number of carbonyl (C=O) groups excluding carboxylic acids is 2. The van der Waals surface area contributed by atoms with Crippen LogP contribution >= 0.6 is 0 Å². The van der Waals surface area contributed by atoms with E-state index in [1.54, 1.807) is 12.1 Å². The average Bonchev–Trinajstić information content (AvgIpc) is 2.39. The molecule has 0 heterocycles. The Morgan fingerprint density at radius 1 is 1.26 bits per heavy atom. The van der Waals surface area contributed by atoms with E-state index < -0.39 is 11.9 Å². The van der Waals surface area contributed by atoms with Crippen LogP contribution in [0.1, 0.15) is 25.3 Å². The molecule has 1 aromatic rings. The van der Waals surface area contributed by atoms with Gasteiger partial charge in [0.1, 0.15) is 0 Å². The van der Waals surface area contributed by atoms with E-state index in [9.17, 15) is 9.59 Å². The number of amides is 3. The van der Waals surface area contributed by atoms with Crippen molar-refractivity contribution in [2.24, 2.45) is 4.99 Å². The molecule has 2 N–H and O–H groups in total. The molecule has 0 aromatic heterocycles. The van der Waals surface area contributed by atoms with Gasteiger partial charge in [-0.05, 0) is 25.5 Å². The molecule has 0 fully saturated rings. The minimum absolute atomic E-state index is 0.422. The summed E-state index contributed by atoms with van der Waals surface area (Å²) in [6, 6.07) is 6.88. The third kappa shape index (κ3) is 6.35. The second kappa shape index (κ2) is 8.02. The van der Waals surface area contributed by atoms with Crippen molar-refractivity contribution in [3.8, 4) is 0 Å². The standard InChI is InChI=1S/C14H19N3O2/c1-3-4-9-15-14(19)16-10-13(18)17-12-7-5-11(2)6-8-12/h5-8,10H,3-4,9H2,1-2H3,(H,15,19)(H,17,18)/b16-10+. The number of nitrogens with one attached hydrogen (secondary N) is 2. The van der Waals surface area contributed by atoms with Crippen molar-refractivity contribution in [3.63, 3.8) is 0 Å². The summed E-state index contributed by atoms with van der Waals surface area (Å²) >= 11 is 0. The monoisotopic (exact) mass is 261 g/mol. The Balaban J connectivity index is 2.38. The van der Waals surface area contributed by atoms with E-state index in [-0.39, 0.29) is 0 Å². The van der Waals surface area contributed by atoms with Crippen LogP contribution in [0.2, 0.25) is 0 Å². The molecule has 0 aliphatic rings. The van der Waals surface area contributed by atoms with Crippen molar-refractivity contribution < 1.29 is 9.59 Å². The predicted octanol–water partition coefficient (Wildman–Crippen LogP) is 2.51. The van der Waals surface area contributed by atoms with Gasteiger partial charge in [-0.3, -0.25) is 4.79 Å². The summed E-state index contributed by atoms with van der Waals surface area (Å²) in [5, 5.41) is 5.22. The fourth-order valence-corrected chi connectivity index (χ4v) is 1.35. The van der Waals surface area contributed by atoms with Gasteiger partial charge in [0, 0.05) is 12.2 Å². The van der Waals surface area contributed by atoms with Crippen LogP contribution in [0.5, 0.6) is 0 Å². The Labute approximate surface area is 113 Å². The number of aliphatic imine (C=N–C) groups is 1. The lowest BCUT2D eigenvalue weighted by Crippen LogP contribution is -2.22. The smallest absolute Gasteiger partial charge is 0.336 e. The van der Waals surface area contributed by atoms with Crippen LogP contribution in [0, 0.1) is 6.92 Å². The first-order valence-corrected chi connectivity index (χ1v) is 6.31. The molecule has 0 atom stereocenters. The van der Waals surface area contributed by atoms with Crippen molar-refractivity contribution in [1.29, 1.82) is 0 Å². The number of carbonyl (C=O) groups is 2. The van der Waals surface area contributed by atoms with Crippen LogP contribution in [-0.4, -0.2) is 24.7 Å². The Hall–Kier alpha value is -2.17. The van der Waals surface area contributed by atoms with Gasteiger partial charge in [-0.25, -0.2) is 4.79 Å². The molecule has 0 aliphatic heterocycles. The summed E-state index contributed by atoms with van der Waals surface area (Å²) in [6.07, 6.45) is 2.88. The lowest BCUT2D eigenvalue weighted by molar-refractivity contribution is -0.110. The molecule has 102 valence electrons. The number of benzene rings is 1. The number of anilines is 1. The number of rotatable bonds is 5. The summed E-state index contributed by atoms with van der Waals surface area (Å²) in [6.45, 7) is 4.57. The quantitative estimate of drug-likeness (QED) is 0.631. The molecule has 0 saturated heterocycles. The first-order valence-electron chi connectivity index (χ1n) is 6.31. The Bertz CT molecular complexity index is 452. The number of nitrogens with zero attached hydrogens (tertiary/aromatic N) is 1. The second-order valence-corrected chi connectivity index (χ2v) is 4.20. The molecule has 3 amide bonds. The maximum Gasteiger partial charge on any atom is 0.341 e. The van der Waals surface area contributed by atoms with E-state index in [1.165, 1.54) is 0 Å². The van der Waals surface area contributed by atoms with Crippen molar-refractivity contribution in [1.82, 2.24) is 5.32 Å². The maximum atomic E-state index is 11.5. The van der Waals surface area contributed by atoms with Crippen molar-refractivity contribution in [2.75, 3.05) is 11.9 Å². The molecule has 5 heteroatoms. The van der Waals surface area contributed by atoms with Gasteiger partial charge >= 0.3 is 6.03 Å². The lowest BCUT2D eigenvalue weighted by Gasteiger charge is -2.02. The van der Waals surface area contributed by atoms with Gasteiger partial charge in [0.05, 0.1) is 6.21 Å². The molecular weight excluding hydrogens is 242 g/mol. The minimum Gasteiger partial charge on any atom is -0.336 e. The third-order valence-corrected chi connectivity index (χ3v) is 2.42. The SMILES string of the molecule is CCCCNC(=O)/N=C/C(=O)Nc1ccc(C)cc1. The summed E-state index contributed by atoms with van der Waals surface area (Å²) in [4.78, 5) is 26.2. The molecule has 0 radical (unpaired) electrons. The molecule has 0 saturated carbocycles. The van der Waals surface area contributed by atoms with Crippen molar-refractivity contribution in [2.45, 2.75) is 26.7 Å². The maximum absolute atomic E-state index is 11.5. The highest BCUT2D eigenvalue weighted by Gasteiger charge is 2.00. The van der Waals surface area contributed by atoms with Crippen molar-refractivity contribution in [3.05, 3.63) is 29.8 Å². The van der Waals surface area contributed by atoms with Gasteiger partial charge in [-0.2, -0.15) is 4.99 Å². The first-order chi connectivity index (χ1) is 9.11. The number of unbranched alkanes of at least 4 members (excludes halogenated alkanes) is 1. The molecular formula is C14H19N3O2. The zero-order valence-corrected chi connectivity index (χ0v) is 11.3. The van der Waals surface area contributed by atoms with Crippen LogP contribution in [0.15, 0.2) is 29.3 Å². The minimum atomic E-state index is -0.493. The number of hydrogen-bond donors (Lipinski definition) is 2. The van der Waals surface area contributed by atoms with E-state index in [1.807, 2.05) is 26.0 Å². The fraction of sp³-hybridized carbons (Fsp3) is 0.357. The highest BCUT2D eigenvalue weighted by molar-refractivity contribution is 6.33. The Morgan fingerprint density at radius 3 is 2.58 bits per heavy atom. The first kappa shape index (κ1) is 14.9. The summed E-state index contributed by atoms with van der Waals surface area (Å²) in [5.41, 5.74) is 1.79. The van der Waals surface area contributed by atoms with Gasteiger partial charge in [0.25, 0.3) is 5.91 Å². The van der Waals surface area contributed by atoms with Crippen LogP contribution < -0.4 is 10.6 Å². The van der Waals surface area contributed by atoms with Crippen LogP contribution in [0.3, 0.4) is 0 Å². The number of urea groups is 1. The molecule has 1 aromatic carbocycles. The normalized spacial score (nSPS) is 10.4. The van der Waals surface area contributed by atoms with E-state index in [2.05, 4.69) is 15.6 Å². The molecule has 5 nitrogen and oxygen atoms in total. The molecule has 19 heavy (non-hydrogen) atoms. The predicted molar refractivity (Wildman–Crippen MR) is 76.6 cm³/mol. The van der Waals surface area contributed by atoms with Crippen molar-refractivity contribution >= 4 is 23.8 Å². The molecule has 0 bridgehead atoms. The zero-order chi connectivity index (χ0) is 14.1. The van der Waals surface area contributed by atoms with Crippen LogP contribution in [0.4, 0.5) is 10.5 Å². The molecule has 0 aliphatic carbocycles. The van der Waals surface area contributed by atoms with Gasteiger partial charge in [-0.1, -0.05) is 31.0 Å². The van der Waals surface area contributed by atoms with Gasteiger partial charge in [-0.15, -0.1) is 0 Å².